The van der Waals surface area contributed by atoms with Crippen LogP contribution in [0.1, 0.15) is 24.3 Å². The fraction of sp³-hybridized carbons (Fsp3) is 0.571. The van der Waals surface area contributed by atoms with Crippen LogP contribution >= 0.6 is 11.3 Å². The van der Waals surface area contributed by atoms with E-state index >= 15 is 0 Å². The summed E-state index contributed by atoms with van der Waals surface area (Å²) in [7, 11) is 0. The summed E-state index contributed by atoms with van der Waals surface area (Å²) in [6, 6.07) is 3.34. The Morgan fingerprint density at radius 2 is 2.45 bits per heavy atom. The number of amides is 2. The van der Waals surface area contributed by atoms with Crippen molar-refractivity contribution in [2.24, 2.45) is 5.92 Å². The normalized spacial score (nSPS) is 29.1. The molecule has 0 radical (unpaired) electrons. The van der Waals surface area contributed by atoms with Crippen molar-refractivity contribution in [2.45, 2.75) is 25.5 Å². The van der Waals surface area contributed by atoms with Gasteiger partial charge in [0.2, 0.25) is 11.8 Å². The van der Waals surface area contributed by atoms with Crippen molar-refractivity contribution < 1.29 is 14.3 Å². The maximum absolute atomic E-state index is 12.6. The van der Waals surface area contributed by atoms with Gasteiger partial charge < -0.3 is 15.0 Å². The molecule has 1 saturated carbocycles. The molecule has 0 bridgehead atoms. The molecule has 1 saturated heterocycles. The van der Waals surface area contributed by atoms with Crippen LogP contribution in [0.3, 0.4) is 0 Å². The van der Waals surface area contributed by atoms with Gasteiger partial charge >= 0.3 is 0 Å². The smallest absolute Gasteiger partial charge is 0.248 e. The van der Waals surface area contributed by atoms with Crippen molar-refractivity contribution in [1.29, 1.82) is 0 Å². The first-order valence-electron chi connectivity index (χ1n) is 6.95. The van der Waals surface area contributed by atoms with E-state index in [0.29, 0.717) is 19.7 Å². The fourth-order valence-corrected chi connectivity index (χ4v) is 3.51. The maximum atomic E-state index is 12.6. The Balaban J connectivity index is 1.76. The first-order valence-corrected chi connectivity index (χ1v) is 7.83. The molecule has 5 nitrogen and oxygen atoms in total. The van der Waals surface area contributed by atoms with Crippen LogP contribution in [0.15, 0.2) is 17.5 Å². The number of rotatable bonds is 4. The molecule has 1 aliphatic carbocycles. The van der Waals surface area contributed by atoms with Gasteiger partial charge in [-0.25, -0.2) is 0 Å². The van der Waals surface area contributed by atoms with Crippen LogP contribution in [0, 0.1) is 5.92 Å². The summed E-state index contributed by atoms with van der Waals surface area (Å²) in [4.78, 5) is 27.3. The maximum Gasteiger partial charge on any atom is 0.248 e. The average Bonchev–Trinajstić information content (AvgIpc) is 3.00. The lowest BCUT2D eigenvalue weighted by Crippen LogP contribution is -2.52. The molecule has 0 aromatic carbocycles. The monoisotopic (exact) mass is 294 g/mol. The minimum Gasteiger partial charge on any atom is -0.378 e. The van der Waals surface area contributed by atoms with Crippen LogP contribution in [0.2, 0.25) is 0 Å². The third-order valence-corrected chi connectivity index (χ3v) is 4.66. The zero-order valence-corrected chi connectivity index (χ0v) is 12.2. The molecule has 3 rings (SSSR count). The molecule has 1 aromatic heterocycles. The molecule has 1 N–H and O–H groups in total. The van der Waals surface area contributed by atoms with Gasteiger partial charge in [0.25, 0.3) is 0 Å². The van der Waals surface area contributed by atoms with E-state index in [4.69, 9.17) is 4.74 Å². The summed E-state index contributed by atoms with van der Waals surface area (Å²) in [6.07, 6.45) is 0.823. The molecule has 108 valence electrons. The molecule has 20 heavy (non-hydrogen) atoms. The molecule has 2 aliphatic rings. The summed E-state index contributed by atoms with van der Waals surface area (Å²) in [6.45, 7) is 3.66. The first kappa shape index (κ1) is 13.6. The highest BCUT2D eigenvalue weighted by molar-refractivity contribution is 7.10. The van der Waals surface area contributed by atoms with Gasteiger partial charge in [-0.15, -0.1) is 11.3 Å². The lowest BCUT2D eigenvalue weighted by molar-refractivity contribution is -0.145. The van der Waals surface area contributed by atoms with Gasteiger partial charge in [-0.05, 0) is 24.8 Å². The average molecular weight is 294 g/mol. The third kappa shape index (κ3) is 2.45. The van der Waals surface area contributed by atoms with Crippen molar-refractivity contribution >= 4 is 23.2 Å². The molecule has 2 amide bonds. The van der Waals surface area contributed by atoms with Crippen molar-refractivity contribution in [1.82, 2.24) is 10.2 Å². The molecule has 2 fully saturated rings. The second-order valence-electron chi connectivity index (χ2n) is 5.08. The molecule has 0 spiro atoms. The van der Waals surface area contributed by atoms with Crippen LogP contribution in [-0.4, -0.2) is 42.5 Å². The Morgan fingerprint density at radius 3 is 3.15 bits per heavy atom. The van der Waals surface area contributed by atoms with Gasteiger partial charge in [0, 0.05) is 24.6 Å². The Kier molecular flexibility index (Phi) is 3.76. The van der Waals surface area contributed by atoms with Gasteiger partial charge in [-0.1, -0.05) is 6.07 Å². The van der Waals surface area contributed by atoms with Gasteiger partial charge in [0.15, 0.2) is 0 Å². The molecule has 1 aliphatic heterocycles. The molecule has 3 unspecified atom stereocenters. The Labute approximate surface area is 121 Å². The second-order valence-corrected chi connectivity index (χ2v) is 6.06. The number of nitrogens with one attached hydrogen (secondary N) is 1. The molecule has 6 heteroatoms. The molecule has 3 atom stereocenters. The fourth-order valence-electron chi connectivity index (χ4n) is 2.68. The highest BCUT2D eigenvalue weighted by atomic mass is 32.1. The number of hydrogen-bond acceptors (Lipinski definition) is 4. The van der Waals surface area contributed by atoms with Crippen molar-refractivity contribution in [3.05, 3.63) is 22.4 Å². The summed E-state index contributed by atoms with van der Waals surface area (Å²) in [5, 5.41) is 4.77. The van der Waals surface area contributed by atoms with E-state index in [9.17, 15) is 9.59 Å². The lowest BCUT2D eigenvalue weighted by atomic mass is 10.1. The van der Waals surface area contributed by atoms with Crippen LogP contribution < -0.4 is 5.32 Å². The quantitative estimate of drug-likeness (QED) is 0.907. The Hall–Kier alpha value is -1.40. The molecular weight excluding hydrogens is 276 g/mol. The van der Waals surface area contributed by atoms with E-state index < -0.39 is 6.04 Å². The highest BCUT2D eigenvalue weighted by Crippen LogP contribution is 2.38. The Bertz CT molecular complexity index is 503. The topological polar surface area (TPSA) is 58.6 Å². The number of piperazine rings is 1. The number of carbonyl (C=O) groups is 2. The van der Waals surface area contributed by atoms with Gasteiger partial charge in [0.1, 0.15) is 6.04 Å². The molecular formula is C14H18N2O3S. The predicted octanol–water partition coefficient (Wildman–Crippen LogP) is 1.17. The summed E-state index contributed by atoms with van der Waals surface area (Å²) < 4.78 is 5.48. The van der Waals surface area contributed by atoms with E-state index in [2.05, 4.69) is 5.32 Å². The highest BCUT2D eigenvalue weighted by Gasteiger charge is 2.48. The number of hydrogen-bond donors (Lipinski definition) is 1. The van der Waals surface area contributed by atoms with E-state index in [1.54, 1.807) is 4.90 Å². The van der Waals surface area contributed by atoms with Crippen molar-refractivity contribution in [3.8, 4) is 0 Å². The second kappa shape index (κ2) is 5.54. The zero-order valence-electron chi connectivity index (χ0n) is 11.4. The van der Waals surface area contributed by atoms with Gasteiger partial charge in [-0.3, -0.25) is 9.59 Å². The number of nitrogens with zero attached hydrogens (tertiary/aromatic N) is 1. The lowest BCUT2D eigenvalue weighted by Gasteiger charge is -2.34. The van der Waals surface area contributed by atoms with E-state index in [0.717, 1.165) is 11.3 Å². The van der Waals surface area contributed by atoms with Crippen LogP contribution in [-0.2, 0) is 14.3 Å². The van der Waals surface area contributed by atoms with Crippen molar-refractivity contribution in [3.63, 3.8) is 0 Å². The third-order valence-electron chi connectivity index (χ3n) is 3.74. The minimum absolute atomic E-state index is 0.0430. The van der Waals surface area contributed by atoms with E-state index in [-0.39, 0.29) is 23.8 Å². The van der Waals surface area contributed by atoms with Crippen LogP contribution in [0.5, 0.6) is 0 Å². The van der Waals surface area contributed by atoms with E-state index in [1.165, 1.54) is 11.3 Å². The zero-order chi connectivity index (χ0) is 14.1. The SMILES string of the molecule is CCOC1CC1C(=O)N1CCNC(=O)C1c1cccs1. The standard InChI is InChI=1S/C14H18N2O3S/c1-2-19-10-8-9(10)14(18)16-6-5-15-13(17)12(16)11-4-3-7-20-11/h3-4,7,9-10,12H,2,5-6,8H2,1H3,(H,15,17). The number of carbonyl (C=O) groups excluding carboxylic acids is 2. The summed E-state index contributed by atoms with van der Waals surface area (Å²) in [5.74, 6) is -0.0966. The summed E-state index contributed by atoms with van der Waals surface area (Å²) in [5.41, 5.74) is 0. The predicted molar refractivity (Wildman–Crippen MR) is 75.3 cm³/mol. The van der Waals surface area contributed by atoms with Crippen LogP contribution in [0.25, 0.3) is 0 Å². The number of thiophene rings is 1. The Morgan fingerprint density at radius 1 is 1.60 bits per heavy atom. The van der Waals surface area contributed by atoms with Crippen LogP contribution in [0.4, 0.5) is 0 Å². The van der Waals surface area contributed by atoms with Crippen molar-refractivity contribution in [2.75, 3.05) is 19.7 Å². The van der Waals surface area contributed by atoms with E-state index in [1.807, 2.05) is 24.4 Å². The van der Waals surface area contributed by atoms with Gasteiger partial charge in [-0.2, -0.15) is 0 Å². The minimum atomic E-state index is -0.473. The summed E-state index contributed by atoms with van der Waals surface area (Å²) >= 11 is 1.51. The first-order chi connectivity index (χ1) is 9.72. The molecule has 2 heterocycles. The van der Waals surface area contributed by atoms with Gasteiger partial charge in [0.05, 0.1) is 12.0 Å². The largest absolute Gasteiger partial charge is 0.378 e. The molecule has 1 aromatic rings. The number of ether oxygens (including phenoxy) is 1.